The molecular formula is C18H16N2O8. The van der Waals surface area contributed by atoms with Crippen LogP contribution in [0.15, 0.2) is 45.6 Å². The van der Waals surface area contributed by atoms with Crippen LogP contribution in [0.4, 0.5) is 11.4 Å². The van der Waals surface area contributed by atoms with Crippen molar-refractivity contribution in [3.8, 4) is 11.5 Å². The average molecular weight is 388 g/mol. The Morgan fingerprint density at radius 2 is 1.75 bits per heavy atom. The minimum absolute atomic E-state index is 0. The fourth-order valence-electron chi connectivity index (χ4n) is 2.73. The molecule has 146 valence electrons. The van der Waals surface area contributed by atoms with E-state index in [0.717, 1.165) is 28.6 Å². The van der Waals surface area contributed by atoms with Crippen LogP contribution in [0.2, 0.25) is 0 Å². The largest absolute Gasteiger partial charge is 0.450 e. The standard InChI is InChI=1S/C18H14N2O7.H2O/c1-3-11-7-13-10(2)6-18(21)27-17(13)9-16(11)26-15-5-4-12(19(22)23)8-14(15)20(24)25;/h4-9H,3H2,1-2H3;1H2. The summed E-state index contributed by atoms with van der Waals surface area (Å²) >= 11 is 0. The summed E-state index contributed by atoms with van der Waals surface area (Å²) in [6.07, 6.45) is 0.560. The maximum atomic E-state index is 11.6. The van der Waals surface area contributed by atoms with E-state index in [1.807, 2.05) is 6.92 Å². The Hall–Kier alpha value is -3.79. The molecule has 0 aliphatic carbocycles. The Kier molecular flexibility index (Phi) is 5.75. The second-order valence-corrected chi connectivity index (χ2v) is 5.83. The Balaban J connectivity index is 0.00000280. The molecule has 0 bridgehead atoms. The van der Waals surface area contributed by atoms with Crippen LogP contribution in [0.1, 0.15) is 18.1 Å². The molecule has 0 fully saturated rings. The van der Waals surface area contributed by atoms with Gasteiger partial charge in [-0.15, -0.1) is 0 Å². The monoisotopic (exact) mass is 388 g/mol. The molecule has 0 aliphatic heterocycles. The molecule has 2 N–H and O–H groups in total. The first-order valence-electron chi connectivity index (χ1n) is 7.98. The van der Waals surface area contributed by atoms with Crippen LogP contribution in [0.5, 0.6) is 11.5 Å². The molecule has 2 aromatic carbocycles. The summed E-state index contributed by atoms with van der Waals surface area (Å²) in [5.74, 6) is 0.130. The van der Waals surface area contributed by atoms with Gasteiger partial charge in [-0.3, -0.25) is 20.2 Å². The van der Waals surface area contributed by atoms with Crippen molar-refractivity contribution in [3.63, 3.8) is 0 Å². The van der Waals surface area contributed by atoms with Crippen molar-refractivity contribution in [1.29, 1.82) is 0 Å². The maximum absolute atomic E-state index is 11.6. The summed E-state index contributed by atoms with van der Waals surface area (Å²) < 4.78 is 10.9. The van der Waals surface area contributed by atoms with Crippen molar-refractivity contribution in [2.45, 2.75) is 20.3 Å². The highest BCUT2D eigenvalue weighted by molar-refractivity contribution is 5.82. The molecule has 10 heteroatoms. The highest BCUT2D eigenvalue weighted by Crippen LogP contribution is 2.37. The smallest absolute Gasteiger partial charge is 0.336 e. The van der Waals surface area contributed by atoms with E-state index in [1.165, 1.54) is 18.2 Å². The molecule has 0 atom stereocenters. The number of hydrogen-bond donors (Lipinski definition) is 0. The number of benzene rings is 2. The molecule has 1 aromatic heterocycles. The number of hydrogen-bond acceptors (Lipinski definition) is 7. The number of nitrogens with zero attached hydrogens (tertiary/aromatic N) is 2. The predicted molar refractivity (Wildman–Crippen MR) is 100 cm³/mol. The molecule has 3 rings (SSSR count). The quantitative estimate of drug-likeness (QED) is 0.368. The molecule has 0 saturated heterocycles. The van der Waals surface area contributed by atoms with Crippen LogP contribution in [0, 0.1) is 27.2 Å². The molecule has 1 heterocycles. The fraction of sp³-hybridized carbons (Fsp3) is 0.167. The summed E-state index contributed by atoms with van der Waals surface area (Å²) in [6, 6.07) is 7.80. The zero-order valence-electron chi connectivity index (χ0n) is 14.9. The van der Waals surface area contributed by atoms with E-state index in [9.17, 15) is 25.0 Å². The summed E-state index contributed by atoms with van der Waals surface area (Å²) in [5.41, 5.74) is 0.311. The van der Waals surface area contributed by atoms with Crippen LogP contribution >= 0.6 is 0 Å². The first-order valence-corrected chi connectivity index (χ1v) is 7.98. The van der Waals surface area contributed by atoms with Gasteiger partial charge in [-0.1, -0.05) is 6.92 Å². The van der Waals surface area contributed by atoms with E-state index in [0.29, 0.717) is 6.42 Å². The van der Waals surface area contributed by atoms with Crippen LogP contribution in [-0.4, -0.2) is 15.3 Å². The Morgan fingerprint density at radius 1 is 1.04 bits per heavy atom. The van der Waals surface area contributed by atoms with Crippen molar-refractivity contribution in [2.75, 3.05) is 0 Å². The normalized spacial score (nSPS) is 10.4. The first kappa shape index (κ1) is 20.5. The molecule has 0 amide bonds. The molecule has 0 spiro atoms. The van der Waals surface area contributed by atoms with E-state index >= 15 is 0 Å². The minimum atomic E-state index is -0.751. The Labute approximate surface area is 157 Å². The molecule has 0 unspecified atom stereocenters. The lowest BCUT2D eigenvalue weighted by atomic mass is 10.1. The van der Waals surface area contributed by atoms with Gasteiger partial charge in [-0.05, 0) is 36.6 Å². The number of ether oxygens (including phenoxy) is 1. The van der Waals surface area contributed by atoms with Gasteiger partial charge in [0.05, 0.1) is 15.9 Å². The average Bonchev–Trinajstić information content (AvgIpc) is 2.61. The molecular weight excluding hydrogens is 372 g/mol. The highest BCUT2D eigenvalue weighted by Gasteiger charge is 2.22. The number of non-ortho nitro benzene ring substituents is 1. The third-order valence-electron chi connectivity index (χ3n) is 4.08. The topological polar surface area (TPSA) is 157 Å². The second kappa shape index (κ2) is 7.84. The van der Waals surface area contributed by atoms with Gasteiger partial charge in [0.1, 0.15) is 11.3 Å². The predicted octanol–water partition coefficient (Wildman–Crippen LogP) is 3.45. The van der Waals surface area contributed by atoms with E-state index in [2.05, 4.69) is 0 Å². The molecule has 0 radical (unpaired) electrons. The van der Waals surface area contributed by atoms with Crippen molar-refractivity contribution >= 4 is 22.3 Å². The summed E-state index contributed by atoms with van der Waals surface area (Å²) in [4.78, 5) is 32.3. The molecule has 3 aromatic rings. The summed E-state index contributed by atoms with van der Waals surface area (Å²) in [7, 11) is 0. The van der Waals surface area contributed by atoms with Gasteiger partial charge in [0.2, 0.25) is 5.75 Å². The molecule has 28 heavy (non-hydrogen) atoms. The minimum Gasteiger partial charge on any atom is -0.450 e. The van der Waals surface area contributed by atoms with Gasteiger partial charge in [0.15, 0.2) is 0 Å². The van der Waals surface area contributed by atoms with E-state index in [4.69, 9.17) is 9.15 Å². The number of nitro groups is 2. The van der Waals surface area contributed by atoms with Crippen molar-refractivity contribution < 1.29 is 24.5 Å². The SMILES string of the molecule is CCc1cc2c(C)cc(=O)oc2cc1Oc1ccc([N+](=O)[O-])cc1[N+](=O)[O-].O. The second-order valence-electron chi connectivity index (χ2n) is 5.83. The Morgan fingerprint density at radius 3 is 2.36 bits per heavy atom. The lowest BCUT2D eigenvalue weighted by molar-refractivity contribution is -0.394. The molecule has 0 aliphatic rings. The van der Waals surface area contributed by atoms with Gasteiger partial charge in [0, 0.05) is 23.6 Å². The number of aryl methyl sites for hydroxylation is 2. The van der Waals surface area contributed by atoms with E-state index in [1.54, 1.807) is 13.0 Å². The van der Waals surface area contributed by atoms with Crippen molar-refractivity contribution in [1.82, 2.24) is 0 Å². The van der Waals surface area contributed by atoms with Gasteiger partial charge >= 0.3 is 11.3 Å². The third kappa shape index (κ3) is 3.81. The lowest BCUT2D eigenvalue weighted by Gasteiger charge is -2.12. The third-order valence-corrected chi connectivity index (χ3v) is 4.08. The van der Waals surface area contributed by atoms with Crippen LogP contribution in [0.25, 0.3) is 11.0 Å². The van der Waals surface area contributed by atoms with Crippen molar-refractivity contribution in [2.24, 2.45) is 0 Å². The zero-order chi connectivity index (χ0) is 19.7. The van der Waals surface area contributed by atoms with Gasteiger partial charge in [-0.25, -0.2) is 4.79 Å². The van der Waals surface area contributed by atoms with Gasteiger partial charge < -0.3 is 14.6 Å². The van der Waals surface area contributed by atoms with E-state index < -0.39 is 26.8 Å². The molecule has 0 saturated carbocycles. The number of fused-ring (bicyclic) bond motifs is 1. The van der Waals surface area contributed by atoms with Crippen LogP contribution in [0.3, 0.4) is 0 Å². The van der Waals surface area contributed by atoms with Crippen molar-refractivity contribution in [3.05, 3.63) is 78.2 Å². The number of rotatable bonds is 5. The lowest BCUT2D eigenvalue weighted by Crippen LogP contribution is -2.00. The maximum Gasteiger partial charge on any atom is 0.336 e. The zero-order valence-corrected chi connectivity index (χ0v) is 14.9. The van der Waals surface area contributed by atoms with Crippen LogP contribution < -0.4 is 10.4 Å². The van der Waals surface area contributed by atoms with Gasteiger partial charge in [0.25, 0.3) is 5.69 Å². The Bertz CT molecular complexity index is 1140. The molecule has 10 nitrogen and oxygen atoms in total. The van der Waals surface area contributed by atoms with E-state index in [-0.39, 0.29) is 22.6 Å². The van der Waals surface area contributed by atoms with Gasteiger partial charge in [-0.2, -0.15) is 0 Å². The first-order chi connectivity index (χ1) is 12.8. The summed E-state index contributed by atoms with van der Waals surface area (Å²) in [6.45, 7) is 3.66. The number of nitro benzene ring substituents is 2. The summed E-state index contributed by atoms with van der Waals surface area (Å²) in [5, 5.41) is 22.9. The van der Waals surface area contributed by atoms with Crippen LogP contribution in [-0.2, 0) is 6.42 Å². The highest BCUT2D eigenvalue weighted by atomic mass is 16.6. The fourth-order valence-corrected chi connectivity index (χ4v) is 2.73.